The van der Waals surface area contributed by atoms with Crippen molar-refractivity contribution >= 4 is 17.8 Å². The summed E-state index contributed by atoms with van der Waals surface area (Å²) in [4.78, 5) is 38.2. The number of ether oxygens (including phenoxy) is 1. The van der Waals surface area contributed by atoms with Gasteiger partial charge in [0.25, 0.3) is 5.91 Å². The minimum absolute atomic E-state index is 0.0434. The Bertz CT molecular complexity index is 603. The lowest BCUT2D eigenvalue weighted by atomic mass is 10.1. The van der Waals surface area contributed by atoms with Crippen LogP contribution in [-0.4, -0.2) is 59.9 Å². The molecule has 122 valence electrons. The fourth-order valence-corrected chi connectivity index (χ4v) is 2.86. The minimum Gasteiger partial charge on any atom is -0.367 e. The Morgan fingerprint density at radius 1 is 1.26 bits per heavy atom. The topological polar surface area (TPSA) is 79.0 Å². The molecule has 1 aromatic carbocycles. The number of hydrogen-bond donors (Lipinski definition) is 1. The molecule has 2 aliphatic heterocycles. The molecule has 4 amide bonds. The van der Waals surface area contributed by atoms with E-state index >= 15 is 0 Å². The number of rotatable bonds is 3. The van der Waals surface area contributed by atoms with Crippen molar-refractivity contribution in [3.05, 3.63) is 35.9 Å². The number of urea groups is 1. The third kappa shape index (κ3) is 3.34. The van der Waals surface area contributed by atoms with E-state index in [0.717, 1.165) is 10.5 Å². The van der Waals surface area contributed by atoms with Gasteiger partial charge in [0.15, 0.2) is 0 Å². The normalized spacial score (nSPS) is 24.7. The van der Waals surface area contributed by atoms with Crippen molar-refractivity contribution in [1.29, 1.82) is 0 Å². The third-order valence-corrected chi connectivity index (χ3v) is 4.01. The molecule has 7 heteroatoms. The molecule has 0 unspecified atom stereocenters. The Hall–Kier alpha value is -2.41. The average molecular weight is 317 g/mol. The summed E-state index contributed by atoms with van der Waals surface area (Å²) >= 11 is 0. The van der Waals surface area contributed by atoms with E-state index in [4.69, 9.17) is 4.74 Å². The van der Waals surface area contributed by atoms with Gasteiger partial charge in [-0.15, -0.1) is 0 Å². The third-order valence-electron chi connectivity index (χ3n) is 4.01. The van der Waals surface area contributed by atoms with Gasteiger partial charge in [0.2, 0.25) is 5.91 Å². The first-order valence-corrected chi connectivity index (χ1v) is 7.61. The molecule has 2 heterocycles. The molecule has 7 nitrogen and oxygen atoms in total. The van der Waals surface area contributed by atoms with Gasteiger partial charge in [0.05, 0.1) is 19.2 Å². The molecular weight excluding hydrogens is 298 g/mol. The molecule has 0 saturated carbocycles. The Labute approximate surface area is 134 Å². The van der Waals surface area contributed by atoms with Gasteiger partial charge in [-0.1, -0.05) is 30.3 Å². The highest BCUT2D eigenvalue weighted by atomic mass is 16.5. The summed E-state index contributed by atoms with van der Waals surface area (Å²) in [6, 6.07) is 9.20. The quantitative estimate of drug-likeness (QED) is 0.825. The van der Waals surface area contributed by atoms with Gasteiger partial charge in [-0.05, 0) is 12.5 Å². The summed E-state index contributed by atoms with van der Waals surface area (Å²) in [5.41, 5.74) is 1.01. The molecule has 23 heavy (non-hydrogen) atoms. The Morgan fingerprint density at radius 3 is 2.65 bits per heavy atom. The Kier molecular flexibility index (Phi) is 4.29. The first kappa shape index (κ1) is 15.5. The largest absolute Gasteiger partial charge is 0.367 e. The molecular formula is C16H19N3O4. The van der Waals surface area contributed by atoms with Gasteiger partial charge in [-0.25, -0.2) is 4.79 Å². The van der Waals surface area contributed by atoms with Crippen LogP contribution in [-0.2, 0) is 14.3 Å². The Balaban J connectivity index is 1.68. The molecule has 0 aromatic heterocycles. The number of carbonyl (C=O) groups is 3. The van der Waals surface area contributed by atoms with Gasteiger partial charge in [-0.2, -0.15) is 0 Å². The molecule has 0 aliphatic carbocycles. The first-order valence-electron chi connectivity index (χ1n) is 7.61. The van der Waals surface area contributed by atoms with Gasteiger partial charge in [0.1, 0.15) is 12.6 Å². The van der Waals surface area contributed by atoms with Crippen LogP contribution in [0.15, 0.2) is 30.3 Å². The van der Waals surface area contributed by atoms with E-state index in [-0.39, 0.29) is 37.1 Å². The fourth-order valence-electron chi connectivity index (χ4n) is 2.86. The predicted octanol–water partition coefficient (Wildman–Crippen LogP) is 0.527. The highest BCUT2D eigenvalue weighted by Gasteiger charge is 2.34. The second-order valence-electron chi connectivity index (χ2n) is 5.78. The maximum atomic E-state index is 12.5. The van der Waals surface area contributed by atoms with E-state index in [9.17, 15) is 14.4 Å². The van der Waals surface area contributed by atoms with E-state index in [1.165, 1.54) is 0 Å². The number of nitrogens with zero attached hydrogens (tertiary/aromatic N) is 2. The predicted molar refractivity (Wildman–Crippen MR) is 81.4 cm³/mol. The molecule has 3 rings (SSSR count). The van der Waals surface area contributed by atoms with Crippen molar-refractivity contribution in [2.24, 2.45) is 0 Å². The molecule has 0 spiro atoms. The van der Waals surface area contributed by atoms with Crippen LogP contribution in [0.1, 0.15) is 18.6 Å². The number of imide groups is 1. The molecule has 2 saturated heterocycles. The molecule has 2 fully saturated rings. The van der Waals surface area contributed by atoms with Crippen LogP contribution in [0.5, 0.6) is 0 Å². The lowest BCUT2D eigenvalue weighted by Crippen LogP contribution is -2.50. The van der Waals surface area contributed by atoms with Crippen molar-refractivity contribution in [3.63, 3.8) is 0 Å². The summed E-state index contributed by atoms with van der Waals surface area (Å²) in [5, 5.41) is 2.41. The van der Waals surface area contributed by atoms with Gasteiger partial charge >= 0.3 is 6.03 Å². The van der Waals surface area contributed by atoms with E-state index in [1.807, 2.05) is 37.3 Å². The molecule has 1 aromatic rings. The van der Waals surface area contributed by atoms with Gasteiger partial charge in [-0.3, -0.25) is 14.5 Å². The molecule has 1 N–H and O–H groups in total. The fraction of sp³-hybridized carbons (Fsp3) is 0.438. The SMILES string of the molecule is C[C@H]1CN(C(=O)CN2C(=O)CNC2=O)C[C@H](c2ccccc2)O1. The summed E-state index contributed by atoms with van der Waals surface area (Å²) in [5.74, 6) is -0.615. The number of benzene rings is 1. The summed E-state index contributed by atoms with van der Waals surface area (Å²) in [6.45, 7) is 2.50. The van der Waals surface area contributed by atoms with Crippen molar-refractivity contribution in [3.8, 4) is 0 Å². The van der Waals surface area contributed by atoms with Crippen LogP contribution < -0.4 is 5.32 Å². The van der Waals surface area contributed by atoms with Crippen LogP contribution >= 0.6 is 0 Å². The van der Waals surface area contributed by atoms with Crippen LogP contribution in [0.2, 0.25) is 0 Å². The number of nitrogens with one attached hydrogen (secondary N) is 1. The monoisotopic (exact) mass is 317 g/mol. The van der Waals surface area contributed by atoms with E-state index in [0.29, 0.717) is 13.1 Å². The molecule has 2 aliphatic rings. The number of amides is 4. The van der Waals surface area contributed by atoms with Crippen molar-refractivity contribution in [2.75, 3.05) is 26.2 Å². The number of carbonyl (C=O) groups excluding carboxylic acids is 3. The summed E-state index contributed by atoms with van der Waals surface area (Å²) < 4.78 is 5.91. The highest BCUT2D eigenvalue weighted by Crippen LogP contribution is 2.25. The highest BCUT2D eigenvalue weighted by molar-refractivity contribution is 6.04. The zero-order valence-corrected chi connectivity index (χ0v) is 12.9. The van der Waals surface area contributed by atoms with Crippen molar-refractivity contribution in [2.45, 2.75) is 19.1 Å². The Morgan fingerprint density at radius 2 is 2.00 bits per heavy atom. The lowest BCUT2D eigenvalue weighted by Gasteiger charge is -2.37. The number of hydrogen-bond acceptors (Lipinski definition) is 4. The van der Waals surface area contributed by atoms with Crippen LogP contribution in [0.25, 0.3) is 0 Å². The van der Waals surface area contributed by atoms with Gasteiger partial charge in [0, 0.05) is 6.54 Å². The molecule has 0 radical (unpaired) electrons. The van der Waals surface area contributed by atoms with Crippen molar-refractivity contribution < 1.29 is 19.1 Å². The van der Waals surface area contributed by atoms with Crippen LogP contribution in [0.3, 0.4) is 0 Å². The maximum absolute atomic E-state index is 12.5. The number of morpholine rings is 1. The van der Waals surface area contributed by atoms with E-state index in [2.05, 4.69) is 5.32 Å². The maximum Gasteiger partial charge on any atom is 0.325 e. The molecule has 2 atom stereocenters. The van der Waals surface area contributed by atoms with Gasteiger partial charge < -0.3 is 15.0 Å². The zero-order chi connectivity index (χ0) is 16.4. The van der Waals surface area contributed by atoms with E-state index in [1.54, 1.807) is 4.90 Å². The minimum atomic E-state index is -0.510. The van der Waals surface area contributed by atoms with Crippen molar-refractivity contribution in [1.82, 2.24) is 15.1 Å². The lowest BCUT2D eigenvalue weighted by molar-refractivity contribution is -0.147. The first-order chi connectivity index (χ1) is 11.0. The average Bonchev–Trinajstić information content (AvgIpc) is 2.87. The van der Waals surface area contributed by atoms with Crippen LogP contribution in [0, 0.1) is 0 Å². The van der Waals surface area contributed by atoms with Crippen LogP contribution in [0.4, 0.5) is 4.79 Å². The second kappa shape index (κ2) is 6.37. The summed E-state index contributed by atoms with van der Waals surface area (Å²) in [6.07, 6.45) is -0.312. The smallest absolute Gasteiger partial charge is 0.325 e. The second-order valence-corrected chi connectivity index (χ2v) is 5.78. The summed E-state index contributed by atoms with van der Waals surface area (Å²) in [7, 11) is 0. The standard InChI is InChI=1S/C16H19N3O4/c1-11-8-18(9-13(23-11)12-5-3-2-4-6-12)15(21)10-19-14(20)7-17-16(19)22/h2-6,11,13H,7-10H2,1H3,(H,17,22)/t11-,13+/m0/s1. The zero-order valence-electron chi connectivity index (χ0n) is 12.9. The van der Waals surface area contributed by atoms with E-state index < -0.39 is 6.03 Å². The molecule has 0 bridgehead atoms.